The van der Waals surface area contributed by atoms with Crippen molar-refractivity contribution in [2.45, 2.75) is 27.7 Å². The number of nitrogens with zero attached hydrogens (tertiary/aromatic N) is 1. The van der Waals surface area contributed by atoms with Crippen LogP contribution in [0.2, 0.25) is 0 Å². The Morgan fingerprint density at radius 1 is 1.38 bits per heavy atom. The molecule has 0 aromatic carbocycles. The second-order valence-electron chi connectivity index (χ2n) is 4.04. The number of hydrogen-bond donors (Lipinski definition) is 2. The minimum atomic E-state index is -1.45. The van der Waals surface area contributed by atoms with E-state index in [1.54, 1.807) is 0 Å². The van der Waals surface area contributed by atoms with Gasteiger partial charge in [0.05, 0.1) is 5.69 Å². The number of aliphatic carboxylic acids is 1. The minimum absolute atomic E-state index is 0.439. The Morgan fingerprint density at radius 2 is 1.94 bits per heavy atom. The Balaban J connectivity index is 2.83. The predicted molar refractivity (Wildman–Crippen MR) is 61.6 cm³/mol. The van der Waals surface area contributed by atoms with Crippen LogP contribution < -0.4 is 5.32 Å². The molecule has 1 heterocycles. The normalized spacial score (nSPS) is 11.2. The summed E-state index contributed by atoms with van der Waals surface area (Å²) in [5.74, 6) is -1.72. The van der Waals surface area contributed by atoms with Crippen molar-refractivity contribution in [3.63, 3.8) is 0 Å². The van der Waals surface area contributed by atoms with Crippen molar-refractivity contribution < 1.29 is 14.7 Å². The fraction of sp³-hybridized carbons (Fsp3) is 0.500. The van der Waals surface area contributed by atoms with E-state index in [4.69, 9.17) is 5.11 Å². The standard InChI is InChI=1S/C10H14N2O3S/c1-5-6(2)16-9(11-5)12-7(13)10(3,4)8(14)15/h1-4H3,(H,14,15)(H,11,12,13). The van der Waals surface area contributed by atoms with Gasteiger partial charge in [-0.05, 0) is 27.7 Å². The zero-order chi connectivity index (χ0) is 12.5. The third-order valence-electron chi connectivity index (χ3n) is 2.35. The van der Waals surface area contributed by atoms with E-state index in [1.165, 1.54) is 25.2 Å². The maximum absolute atomic E-state index is 11.7. The first-order chi connectivity index (χ1) is 7.25. The molecule has 0 saturated heterocycles. The van der Waals surface area contributed by atoms with Gasteiger partial charge in [-0.25, -0.2) is 4.98 Å². The first kappa shape index (κ1) is 12.6. The summed E-state index contributed by atoms with van der Waals surface area (Å²) in [5.41, 5.74) is -0.610. The van der Waals surface area contributed by atoms with Crippen LogP contribution in [0.3, 0.4) is 0 Å². The van der Waals surface area contributed by atoms with Gasteiger partial charge in [-0.15, -0.1) is 11.3 Å². The van der Waals surface area contributed by atoms with Gasteiger partial charge in [-0.3, -0.25) is 9.59 Å². The molecule has 6 heteroatoms. The number of nitrogens with one attached hydrogen (secondary N) is 1. The molecule has 0 spiro atoms. The molecular weight excluding hydrogens is 228 g/mol. The fourth-order valence-electron chi connectivity index (χ4n) is 0.877. The third-order valence-corrected chi connectivity index (χ3v) is 3.34. The molecule has 1 rings (SSSR count). The number of thiazole rings is 1. The molecule has 2 N–H and O–H groups in total. The Morgan fingerprint density at radius 3 is 2.31 bits per heavy atom. The minimum Gasteiger partial charge on any atom is -0.480 e. The van der Waals surface area contributed by atoms with Gasteiger partial charge in [0.25, 0.3) is 0 Å². The van der Waals surface area contributed by atoms with Crippen LogP contribution in [0.4, 0.5) is 5.13 Å². The number of anilines is 1. The Hall–Kier alpha value is -1.43. The first-order valence-electron chi connectivity index (χ1n) is 4.74. The van der Waals surface area contributed by atoms with Crippen molar-refractivity contribution in [2.24, 2.45) is 5.41 Å². The van der Waals surface area contributed by atoms with Gasteiger partial charge in [0.1, 0.15) is 5.41 Å². The summed E-state index contributed by atoms with van der Waals surface area (Å²) in [6.07, 6.45) is 0. The van der Waals surface area contributed by atoms with E-state index in [0.29, 0.717) is 5.13 Å². The highest BCUT2D eigenvalue weighted by Crippen LogP contribution is 2.24. The molecule has 0 atom stereocenters. The van der Waals surface area contributed by atoms with Gasteiger partial charge in [-0.1, -0.05) is 0 Å². The largest absolute Gasteiger partial charge is 0.480 e. The zero-order valence-electron chi connectivity index (χ0n) is 9.62. The molecule has 5 nitrogen and oxygen atoms in total. The van der Waals surface area contributed by atoms with Gasteiger partial charge in [0.15, 0.2) is 5.13 Å². The van der Waals surface area contributed by atoms with Crippen LogP contribution in [0.5, 0.6) is 0 Å². The summed E-state index contributed by atoms with van der Waals surface area (Å²) >= 11 is 1.33. The van der Waals surface area contributed by atoms with Gasteiger partial charge in [0, 0.05) is 4.88 Å². The maximum Gasteiger partial charge on any atom is 0.318 e. The molecule has 0 unspecified atom stereocenters. The molecule has 0 aliphatic carbocycles. The Bertz CT molecular complexity index is 418. The maximum atomic E-state index is 11.7. The summed E-state index contributed by atoms with van der Waals surface area (Å²) in [5, 5.41) is 11.8. The van der Waals surface area contributed by atoms with Gasteiger partial charge in [-0.2, -0.15) is 0 Å². The number of aryl methyl sites for hydroxylation is 2. The number of hydrogen-bond acceptors (Lipinski definition) is 4. The molecule has 0 fully saturated rings. The quantitative estimate of drug-likeness (QED) is 0.792. The number of aromatic nitrogens is 1. The summed E-state index contributed by atoms with van der Waals surface area (Å²) in [6.45, 7) is 6.45. The number of carboxylic acids is 1. The van der Waals surface area contributed by atoms with E-state index in [0.717, 1.165) is 10.6 Å². The third kappa shape index (κ3) is 2.38. The lowest BCUT2D eigenvalue weighted by molar-refractivity contribution is -0.151. The molecule has 1 aromatic rings. The average Bonchev–Trinajstić information content (AvgIpc) is 2.45. The molecule has 1 aromatic heterocycles. The van der Waals surface area contributed by atoms with Crippen molar-refractivity contribution in [1.29, 1.82) is 0 Å². The Kier molecular flexibility index (Phi) is 3.32. The van der Waals surface area contributed by atoms with Crippen molar-refractivity contribution >= 4 is 28.3 Å². The van der Waals surface area contributed by atoms with Crippen LogP contribution in [-0.2, 0) is 9.59 Å². The van der Waals surface area contributed by atoms with Crippen LogP contribution in [0.25, 0.3) is 0 Å². The van der Waals surface area contributed by atoms with E-state index in [9.17, 15) is 9.59 Å². The number of amides is 1. The number of carbonyl (C=O) groups is 2. The van der Waals surface area contributed by atoms with Crippen LogP contribution in [0, 0.1) is 19.3 Å². The van der Waals surface area contributed by atoms with Gasteiger partial charge >= 0.3 is 5.97 Å². The number of carbonyl (C=O) groups excluding carboxylic acids is 1. The van der Waals surface area contributed by atoms with Crippen LogP contribution in [0.1, 0.15) is 24.4 Å². The van der Waals surface area contributed by atoms with Gasteiger partial charge in [0.2, 0.25) is 5.91 Å². The highest BCUT2D eigenvalue weighted by molar-refractivity contribution is 7.15. The summed E-state index contributed by atoms with van der Waals surface area (Å²) in [6, 6.07) is 0. The van der Waals surface area contributed by atoms with E-state index >= 15 is 0 Å². The van der Waals surface area contributed by atoms with Crippen molar-refractivity contribution in [3.05, 3.63) is 10.6 Å². The summed E-state index contributed by atoms with van der Waals surface area (Å²) in [7, 11) is 0. The molecule has 0 aliphatic heterocycles. The highest BCUT2D eigenvalue weighted by Gasteiger charge is 2.36. The summed E-state index contributed by atoms with van der Waals surface area (Å²) in [4.78, 5) is 27.6. The average molecular weight is 242 g/mol. The number of rotatable bonds is 3. The SMILES string of the molecule is Cc1nc(NC(=O)C(C)(C)C(=O)O)sc1C. The Labute approximate surface area is 97.5 Å². The lowest BCUT2D eigenvalue weighted by Gasteiger charge is -2.16. The van der Waals surface area contributed by atoms with Crippen molar-refractivity contribution in [1.82, 2.24) is 4.98 Å². The van der Waals surface area contributed by atoms with Crippen LogP contribution >= 0.6 is 11.3 Å². The van der Waals surface area contributed by atoms with E-state index in [2.05, 4.69) is 10.3 Å². The molecule has 16 heavy (non-hydrogen) atoms. The molecule has 88 valence electrons. The van der Waals surface area contributed by atoms with Crippen molar-refractivity contribution in [3.8, 4) is 0 Å². The fourth-order valence-corrected chi connectivity index (χ4v) is 1.69. The van der Waals surface area contributed by atoms with Crippen molar-refractivity contribution in [2.75, 3.05) is 5.32 Å². The monoisotopic (exact) mass is 242 g/mol. The molecule has 0 bridgehead atoms. The highest BCUT2D eigenvalue weighted by atomic mass is 32.1. The second-order valence-corrected chi connectivity index (χ2v) is 5.25. The lowest BCUT2D eigenvalue weighted by atomic mass is 9.93. The smallest absolute Gasteiger partial charge is 0.318 e. The molecule has 0 aliphatic rings. The summed E-state index contributed by atoms with van der Waals surface area (Å²) < 4.78 is 0. The molecule has 0 radical (unpaired) electrons. The molecule has 0 saturated carbocycles. The topological polar surface area (TPSA) is 79.3 Å². The number of carboxylic acid groups (broad SMARTS) is 1. The van der Waals surface area contributed by atoms with E-state index in [-0.39, 0.29) is 0 Å². The second kappa shape index (κ2) is 4.21. The predicted octanol–water partition coefficient (Wildman–Crippen LogP) is 1.81. The molecular formula is C10H14N2O3S. The first-order valence-corrected chi connectivity index (χ1v) is 5.55. The molecule has 1 amide bonds. The van der Waals surface area contributed by atoms with Crippen LogP contribution in [0.15, 0.2) is 0 Å². The zero-order valence-corrected chi connectivity index (χ0v) is 10.4. The van der Waals surface area contributed by atoms with E-state index < -0.39 is 17.3 Å². The van der Waals surface area contributed by atoms with Crippen LogP contribution in [-0.4, -0.2) is 22.0 Å². The lowest BCUT2D eigenvalue weighted by Crippen LogP contribution is -2.37. The van der Waals surface area contributed by atoms with E-state index in [1.807, 2.05) is 13.8 Å². The van der Waals surface area contributed by atoms with Gasteiger partial charge < -0.3 is 10.4 Å².